The molecule has 8 heteroatoms. The zero-order chi connectivity index (χ0) is 18.9. The molecular weight excluding hydrogens is 354 g/mol. The highest BCUT2D eigenvalue weighted by molar-refractivity contribution is 7.89. The van der Waals surface area contributed by atoms with Gasteiger partial charge in [0.05, 0.1) is 4.90 Å². The summed E-state index contributed by atoms with van der Waals surface area (Å²) in [4.78, 5) is 16.2. The molecule has 1 saturated heterocycles. The lowest BCUT2D eigenvalue weighted by atomic mass is 10.2. The van der Waals surface area contributed by atoms with E-state index in [-0.39, 0.29) is 17.5 Å². The van der Waals surface area contributed by atoms with Crippen molar-refractivity contribution in [2.75, 3.05) is 13.1 Å². The van der Waals surface area contributed by atoms with Crippen LogP contribution in [0.15, 0.2) is 41.6 Å². The number of rotatable bonds is 3. The standard InChI is InChI=1S/C18H23N3O4S/c1-18(2,3)25-17(22)20-15-7-9-21(12-15)26(23,24)16-5-4-14-11-19-8-6-13(14)10-16/h4-6,8,10-11,15H,7,9,12H2,1-3H3,(H,20,22). The molecule has 0 radical (unpaired) electrons. The lowest BCUT2D eigenvalue weighted by Gasteiger charge is -2.22. The third-order valence-electron chi connectivity index (χ3n) is 4.12. The summed E-state index contributed by atoms with van der Waals surface area (Å²) in [5.41, 5.74) is -0.589. The van der Waals surface area contributed by atoms with E-state index < -0.39 is 21.7 Å². The van der Waals surface area contributed by atoms with Crippen molar-refractivity contribution in [1.82, 2.24) is 14.6 Å². The van der Waals surface area contributed by atoms with Crippen molar-refractivity contribution < 1.29 is 17.9 Å². The van der Waals surface area contributed by atoms with Gasteiger partial charge in [-0.1, -0.05) is 6.07 Å². The first kappa shape index (κ1) is 18.6. The number of hydrogen-bond donors (Lipinski definition) is 1. The van der Waals surface area contributed by atoms with Gasteiger partial charge in [-0.05, 0) is 50.8 Å². The summed E-state index contributed by atoms with van der Waals surface area (Å²) in [7, 11) is -3.61. The molecule has 1 unspecified atom stereocenters. The molecule has 1 aliphatic heterocycles. The number of nitrogens with zero attached hydrogens (tertiary/aromatic N) is 2. The molecule has 0 bridgehead atoms. The Balaban J connectivity index is 1.71. The predicted molar refractivity (Wildman–Crippen MR) is 98.3 cm³/mol. The van der Waals surface area contributed by atoms with Gasteiger partial charge in [-0.25, -0.2) is 13.2 Å². The van der Waals surface area contributed by atoms with Crippen LogP contribution >= 0.6 is 0 Å². The van der Waals surface area contributed by atoms with E-state index in [2.05, 4.69) is 10.3 Å². The first-order chi connectivity index (χ1) is 12.1. The predicted octanol–water partition coefficient (Wildman–Crippen LogP) is 2.52. The van der Waals surface area contributed by atoms with E-state index in [1.807, 2.05) is 0 Å². The Hall–Kier alpha value is -2.19. The molecule has 1 amide bonds. The quantitative estimate of drug-likeness (QED) is 0.888. The first-order valence-corrected chi connectivity index (χ1v) is 9.93. The van der Waals surface area contributed by atoms with Gasteiger partial charge in [0.1, 0.15) is 5.60 Å². The lowest BCUT2D eigenvalue weighted by Crippen LogP contribution is -2.41. The summed E-state index contributed by atoms with van der Waals surface area (Å²) in [6.07, 6.45) is 3.35. The van der Waals surface area contributed by atoms with Crippen molar-refractivity contribution in [1.29, 1.82) is 0 Å². The van der Waals surface area contributed by atoms with Crippen LogP contribution in [0.25, 0.3) is 10.8 Å². The fourth-order valence-corrected chi connectivity index (χ4v) is 4.45. The summed E-state index contributed by atoms with van der Waals surface area (Å²) in [5.74, 6) is 0. The summed E-state index contributed by atoms with van der Waals surface area (Å²) in [6.45, 7) is 5.95. The van der Waals surface area contributed by atoms with Crippen LogP contribution in [-0.2, 0) is 14.8 Å². The summed E-state index contributed by atoms with van der Waals surface area (Å²) in [6, 6.07) is 6.52. The number of fused-ring (bicyclic) bond motifs is 1. The van der Waals surface area contributed by atoms with Crippen LogP contribution in [0.1, 0.15) is 27.2 Å². The fourth-order valence-electron chi connectivity index (χ4n) is 2.91. The van der Waals surface area contributed by atoms with Crippen molar-refractivity contribution in [3.8, 4) is 0 Å². The topological polar surface area (TPSA) is 88.6 Å². The molecule has 1 atom stereocenters. The Morgan fingerprint density at radius 3 is 2.77 bits per heavy atom. The van der Waals surface area contributed by atoms with Gasteiger partial charge in [-0.3, -0.25) is 4.98 Å². The number of alkyl carbamates (subject to hydrolysis) is 1. The summed E-state index contributed by atoms with van der Waals surface area (Å²) in [5, 5.41) is 4.45. The second kappa shape index (κ2) is 6.85. The Labute approximate surface area is 153 Å². The van der Waals surface area contributed by atoms with Crippen LogP contribution in [0.2, 0.25) is 0 Å². The fraction of sp³-hybridized carbons (Fsp3) is 0.444. The largest absolute Gasteiger partial charge is 0.444 e. The molecule has 0 spiro atoms. The van der Waals surface area contributed by atoms with Crippen LogP contribution in [0, 0.1) is 0 Å². The SMILES string of the molecule is CC(C)(C)OC(=O)NC1CCN(S(=O)(=O)c2ccc3cnccc3c2)C1. The Kier molecular flexibility index (Phi) is 4.90. The molecule has 2 aromatic rings. The van der Waals surface area contributed by atoms with Crippen molar-refractivity contribution in [2.45, 2.75) is 43.7 Å². The number of carbonyl (C=O) groups is 1. The van der Waals surface area contributed by atoms with Gasteiger partial charge >= 0.3 is 6.09 Å². The molecule has 0 aliphatic carbocycles. The van der Waals surface area contributed by atoms with Gasteiger partial charge < -0.3 is 10.1 Å². The molecule has 0 saturated carbocycles. The number of ether oxygens (including phenoxy) is 1. The van der Waals surface area contributed by atoms with Gasteiger partial charge in [0.15, 0.2) is 0 Å². The zero-order valence-electron chi connectivity index (χ0n) is 15.1. The van der Waals surface area contributed by atoms with Crippen LogP contribution in [0.4, 0.5) is 4.79 Å². The zero-order valence-corrected chi connectivity index (χ0v) is 15.9. The van der Waals surface area contributed by atoms with Gasteiger partial charge in [0, 0.05) is 36.9 Å². The van der Waals surface area contributed by atoms with Gasteiger partial charge in [-0.2, -0.15) is 4.31 Å². The molecule has 1 fully saturated rings. The molecule has 140 valence electrons. The van der Waals surface area contributed by atoms with Gasteiger partial charge in [-0.15, -0.1) is 0 Å². The smallest absolute Gasteiger partial charge is 0.407 e. The maximum atomic E-state index is 12.9. The third-order valence-corrected chi connectivity index (χ3v) is 5.98. The number of hydrogen-bond acceptors (Lipinski definition) is 5. The van der Waals surface area contributed by atoms with Crippen LogP contribution < -0.4 is 5.32 Å². The molecule has 26 heavy (non-hydrogen) atoms. The van der Waals surface area contributed by atoms with E-state index in [1.54, 1.807) is 57.4 Å². The van der Waals surface area contributed by atoms with Crippen molar-refractivity contribution in [3.63, 3.8) is 0 Å². The van der Waals surface area contributed by atoms with Crippen LogP contribution in [-0.4, -0.2) is 48.5 Å². The number of pyridine rings is 1. The normalized spacial score (nSPS) is 18.8. The van der Waals surface area contributed by atoms with E-state index in [0.29, 0.717) is 13.0 Å². The number of amides is 1. The molecule has 1 aromatic carbocycles. The van der Waals surface area contributed by atoms with Gasteiger partial charge in [0.25, 0.3) is 0 Å². The molecule has 2 heterocycles. The minimum Gasteiger partial charge on any atom is -0.444 e. The van der Waals surface area contributed by atoms with E-state index in [9.17, 15) is 13.2 Å². The van der Waals surface area contributed by atoms with E-state index >= 15 is 0 Å². The van der Waals surface area contributed by atoms with Crippen LogP contribution in [0.3, 0.4) is 0 Å². The highest BCUT2D eigenvalue weighted by Gasteiger charge is 2.34. The molecule has 7 nitrogen and oxygen atoms in total. The number of sulfonamides is 1. The maximum absolute atomic E-state index is 12.9. The van der Waals surface area contributed by atoms with E-state index in [4.69, 9.17) is 4.74 Å². The third kappa shape index (κ3) is 4.13. The first-order valence-electron chi connectivity index (χ1n) is 8.49. The number of nitrogens with one attached hydrogen (secondary N) is 1. The lowest BCUT2D eigenvalue weighted by molar-refractivity contribution is 0.0507. The van der Waals surface area contributed by atoms with Crippen LogP contribution in [0.5, 0.6) is 0 Å². The van der Waals surface area contributed by atoms with E-state index in [0.717, 1.165) is 10.8 Å². The highest BCUT2D eigenvalue weighted by atomic mass is 32.2. The average molecular weight is 377 g/mol. The highest BCUT2D eigenvalue weighted by Crippen LogP contribution is 2.24. The van der Waals surface area contributed by atoms with Crippen molar-refractivity contribution in [3.05, 3.63) is 36.7 Å². The molecule has 3 rings (SSSR count). The molecule has 1 aromatic heterocycles. The summed E-state index contributed by atoms with van der Waals surface area (Å²) < 4.78 is 32.4. The van der Waals surface area contributed by atoms with Crippen molar-refractivity contribution >= 4 is 26.9 Å². The Morgan fingerprint density at radius 1 is 1.27 bits per heavy atom. The number of carbonyl (C=O) groups excluding carboxylic acids is 1. The number of aromatic nitrogens is 1. The maximum Gasteiger partial charge on any atom is 0.407 e. The van der Waals surface area contributed by atoms with Gasteiger partial charge in [0.2, 0.25) is 10.0 Å². The van der Waals surface area contributed by atoms with Crippen molar-refractivity contribution in [2.24, 2.45) is 0 Å². The Morgan fingerprint density at radius 2 is 2.04 bits per heavy atom. The second-order valence-electron chi connectivity index (χ2n) is 7.38. The summed E-state index contributed by atoms with van der Waals surface area (Å²) >= 11 is 0. The van der Waals surface area contributed by atoms with E-state index in [1.165, 1.54) is 4.31 Å². The molecule has 1 N–H and O–H groups in total. The minimum absolute atomic E-state index is 0.232. The molecule has 1 aliphatic rings. The molecular formula is C18H23N3O4S. The minimum atomic E-state index is -3.61. The monoisotopic (exact) mass is 377 g/mol. The Bertz CT molecular complexity index is 921. The number of benzene rings is 1. The second-order valence-corrected chi connectivity index (χ2v) is 9.32. The average Bonchev–Trinajstić information content (AvgIpc) is 3.01.